The standard InChI is InChI=1S/C10H13IO5/c1-5(12)16-9-7(11)3-6(4-8(9)13)10(14)15-2/h3,7-9,13H,4H2,1-2H3/t7-,8-,9+/m1/s1. The summed E-state index contributed by atoms with van der Waals surface area (Å²) in [6.45, 7) is 1.29. The van der Waals surface area contributed by atoms with Gasteiger partial charge in [0.2, 0.25) is 0 Å². The Morgan fingerprint density at radius 2 is 2.19 bits per heavy atom. The lowest BCUT2D eigenvalue weighted by atomic mass is 9.94. The predicted octanol–water partition coefficient (Wildman–Crippen LogP) is 0.586. The fourth-order valence-corrected chi connectivity index (χ4v) is 2.59. The van der Waals surface area contributed by atoms with Crippen LogP contribution >= 0.6 is 22.6 Å². The highest BCUT2D eigenvalue weighted by Crippen LogP contribution is 2.27. The molecule has 0 saturated carbocycles. The molecule has 0 unspecified atom stereocenters. The van der Waals surface area contributed by atoms with Gasteiger partial charge in [-0.1, -0.05) is 28.7 Å². The molecule has 0 radical (unpaired) electrons. The van der Waals surface area contributed by atoms with Crippen molar-refractivity contribution in [1.29, 1.82) is 0 Å². The highest BCUT2D eigenvalue weighted by molar-refractivity contribution is 14.1. The molecule has 0 saturated heterocycles. The molecule has 0 fully saturated rings. The fraction of sp³-hybridized carbons (Fsp3) is 0.600. The number of esters is 2. The number of alkyl halides is 1. The van der Waals surface area contributed by atoms with Crippen LogP contribution in [0.5, 0.6) is 0 Å². The van der Waals surface area contributed by atoms with Gasteiger partial charge >= 0.3 is 11.9 Å². The van der Waals surface area contributed by atoms with E-state index < -0.39 is 24.1 Å². The van der Waals surface area contributed by atoms with Gasteiger partial charge in [-0.2, -0.15) is 0 Å². The van der Waals surface area contributed by atoms with Crippen LogP contribution in [0.1, 0.15) is 13.3 Å². The maximum Gasteiger partial charge on any atom is 0.333 e. The Bertz CT molecular complexity index is 325. The Balaban J connectivity index is 2.79. The van der Waals surface area contributed by atoms with E-state index in [4.69, 9.17) is 4.74 Å². The first kappa shape index (κ1) is 13.4. The molecule has 5 nitrogen and oxygen atoms in total. The zero-order valence-corrected chi connectivity index (χ0v) is 11.1. The molecular weight excluding hydrogens is 327 g/mol. The van der Waals surface area contributed by atoms with Crippen molar-refractivity contribution in [3.63, 3.8) is 0 Å². The minimum Gasteiger partial charge on any atom is -0.466 e. The molecule has 90 valence electrons. The van der Waals surface area contributed by atoms with Crippen LogP contribution in [-0.2, 0) is 19.1 Å². The molecule has 0 aliphatic heterocycles. The molecule has 0 amide bonds. The Kier molecular flexibility index (Phi) is 4.72. The van der Waals surface area contributed by atoms with Crippen molar-refractivity contribution in [2.24, 2.45) is 0 Å². The number of aliphatic hydroxyl groups is 1. The second kappa shape index (κ2) is 5.62. The van der Waals surface area contributed by atoms with E-state index in [-0.39, 0.29) is 10.3 Å². The van der Waals surface area contributed by atoms with Gasteiger partial charge in [0.1, 0.15) is 6.10 Å². The Hall–Kier alpha value is -0.630. The van der Waals surface area contributed by atoms with E-state index in [9.17, 15) is 14.7 Å². The number of rotatable bonds is 2. The number of halogens is 1. The van der Waals surface area contributed by atoms with Crippen molar-refractivity contribution in [1.82, 2.24) is 0 Å². The lowest BCUT2D eigenvalue weighted by molar-refractivity contribution is -0.152. The van der Waals surface area contributed by atoms with Crippen LogP contribution in [0, 0.1) is 0 Å². The van der Waals surface area contributed by atoms with Gasteiger partial charge in [0.25, 0.3) is 0 Å². The van der Waals surface area contributed by atoms with Crippen molar-refractivity contribution in [2.45, 2.75) is 29.5 Å². The molecule has 6 heteroatoms. The quantitative estimate of drug-likeness (QED) is 0.452. The summed E-state index contributed by atoms with van der Waals surface area (Å²) in [5.74, 6) is -0.900. The first-order chi connectivity index (χ1) is 7.45. The number of hydrogen-bond donors (Lipinski definition) is 1. The monoisotopic (exact) mass is 340 g/mol. The van der Waals surface area contributed by atoms with Crippen molar-refractivity contribution in [2.75, 3.05) is 7.11 Å². The molecule has 1 aliphatic carbocycles. The molecular formula is C10H13IO5. The summed E-state index contributed by atoms with van der Waals surface area (Å²) in [6.07, 6.45) is 0.327. The summed E-state index contributed by atoms with van der Waals surface area (Å²) in [6, 6.07) is 0. The molecule has 0 aromatic rings. The predicted molar refractivity (Wildman–Crippen MR) is 64.1 cm³/mol. The van der Waals surface area contributed by atoms with E-state index in [0.29, 0.717) is 5.57 Å². The fourth-order valence-electron chi connectivity index (χ4n) is 1.53. The summed E-state index contributed by atoms with van der Waals surface area (Å²) in [5, 5.41) is 9.77. The summed E-state index contributed by atoms with van der Waals surface area (Å²) in [5.41, 5.74) is 0.415. The summed E-state index contributed by atoms with van der Waals surface area (Å²) in [7, 11) is 1.29. The molecule has 1 rings (SSSR count). The lowest BCUT2D eigenvalue weighted by Gasteiger charge is -2.30. The normalized spacial score (nSPS) is 29.2. The topological polar surface area (TPSA) is 72.8 Å². The molecule has 0 bridgehead atoms. The van der Waals surface area contributed by atoms with Gasteiger partial charge in [-0.05, 0) is 0 Å². The smallest absolute Gasteiger partial charge is 0.333 e. The van der Waals surface area contributed by atoms with E-state index in [0.717, 1.165) is 0 Å². The third-order valence-corrected chi connectivity index (χ3v) is 3.30. The minimum atomic E-state index is -0.870. The van der Waals surface area contributed by atoms with Crippen molar-refractivity contribution in [3.8, 4) is 0 Å². The highest BCUT2D eigenvalue weighted by atomic mass is 127. The lowest BCUT2D eigenvalue weighted by Crippen LogP contribution is -2.41. The second-order valence-electron chi connectivity index (χ2n) is 3.47. The average molecular weight is 340 g/mol. The van der Waals surface area contributed by atoms with E-state index in [1.807, 2.05) is 22.6 Å². The first-order valence-electron chi connectivity index (χ1n) is 4.74. The maximum atomic E-state index is 11.3. The number of ether oxygens (including phenoxy) is 2. The van der Waals surface area contributed by atoms with Gasteiger partial charge in [0.15, 0.2) is 0 Å². The van der Waals surface area contributed by atoms with Gasteiger partial charge in [0, 0.05) is 18.9 Å². The van der Waals surface area contributed by atoms with Crippen LogP contribution in [0.4, 0.5) is 0 Å². The number of aliphatic hydroxyl groups excluding tert-OH is 1. The molecule has 0 heterocycles. The van der Waals surface area contributed by atoms with Gasteiger partial charge in [0.05, 0.1) is 17.1 Å². The molecule has 16 heavy (non-hydrogen) atoms. The molecule has 3 atom stereocenters. The van der Waals surface area contributed by atoms with E-state index in [2.05, 4.69) is 4.74 Å². The third kappa shape index (κ3) is 3.18. The van der Waals surface area contributed by atoms with Crippen LogP contribution in [-0.4, -0.2) is 40.3 Å². The maximum absolute atomic E-state index is 11.3. The minimum absolute atomic E-state index is 0.143. The average Bonchev–Trinajstić information content (AvgIpc) is 2.21. The van der Waals surface area contributed by atoms with Gasteiger partial charge in [-0.25, -0.2) is 4.79 Å². The zero-order valence-electron chi connectivity index (χ0n) is 8.97. The summed E-state index contributed by atoms with van der Waals surface area (Å²) >= 11 is 2.01. The summed E-state index contributed by atoms with van der Waals surface area (Å²) in [4.78, 5) is 22.1. The Morgan fingerprint density at radius 3 is 2.62 bits per heavy atom. The van der Waals surface area contributed by atoms with Crippen LogP contribution in [0.3, 0.4) is 0 Å². The van der Waals surface area contributed by atoms with Crippen LogP contribution in [0.25, 0.3) is 0 Å². The van der Waals surface area contributed by atoms with Crippen molar-refractivity contribution in [3.05, 3.63) is 11.6 Å². The second-order valence-corrected chi connectivity index (χ2v) is 4.91. The highest BCUT2D eigenvalue weighted by Gasteiger charge is 2.35. The van der Waals surface area contributed by atoms with Crippen molar-refractivity contribution >= 4 is 34.5 Å². The number of carbonyl (C=O) groups excluding carboxylic acids is 2. The van der Waals surface area contributed by atoms with Gasteiger partial charge in [-0.3, -0.25) is 4.79 Å². The van der Waals surface area contributed by atoms with Crippen molar-refractivity contribution < 1.29 is 24.2 Å². The molecule has 1 aliphatic rings. The van der Waals surface area contributed by atoms with E-state index >= 15 is 0 Å². The summed E-state index contributed by atoms with van der Waals surface area (Å²) < 4.78 is 9.32. The van der Waals surface area contributed by atoms with Crippen LogP contribution < -0.4 is 0 Å². The largest absolute Gasteiger partial charge is 0.466 e. The number of hydrogen-bond acceptors (Lipinski definition) is 5. The van der Waals surface area contributed by atoms with Crippen LogP contribution in [0.2, 0.25) is 0 Å². The van der Waals surface area contributed by atoms with E-state index in [1.54, 1.807) is 6.08 Å². The molecule has 0 aromatic carbocycles. The van der Waals surface area contributed by atoms with Gasteiger partial charge < -0.3 is 14.6 Å². The number of carbonyl (C=O) groups is 2. The molecule has 0 spiro atoms. The van der Waals surface area contributed by atoms with E-state index in [1.165, 1.54) is 14.0 Å². The number of methoxy groups -OCH3 is 1. The first-order valence-corrected chi connectivity index (χ1v) is 5.98. The van der Waals surface area contributed by atoms with Crippen LogP contribution in [0.15, 0.2) is 11.6 Å². The Labute approximate surface area is 107 Å². The molecule has 0 aromatic heterocycles. The zero-order chi connectivity index (χ0) is 12.3. The molecule has 1 N–H and O–H groups in total. The SMILES string of the molecule is COC(=O)C1=C[C@@H](I)[C@H](OC(C)=O)[C@H](O)C1. The third-order valence-electron chi connectivity index (χ3n) is 2.23. The Morgan fingerprint density at radius 1 is 1.56 bits per heavy atom. The van der Waals surface area contributed by atoms with Gasteiger partial charge in [-0.15, -0.1) is 0 Å².